The van der Waals surface area contributed by atoms with Gasteiger partial charge in [0.05, 0.1) is 22.4 Å². The molecule has 3 heterocycles. The van der Waals surface area contributed by atoms with Crippen LogP contribution in [0.15, 0.2) is 35.4 Å². The van der Waals surface area contributed by atoms with Crippen LogP contribution in [-0.4, -0.2) is 65.2 Å². The lowest BCUT2D eigenvalue weighted by atomic mass is 9.93. The van der Waals surface area contributed by atoms with Crippen LogP contribution in [0.4, 0.5) is 5.95 Å². The maximum absolute atomic E-state index is 12.9. The van der Waals surface area contributed by atoms with Crippen LogP contribution in [0.25, 0.3) is 22.3 Å². The van der Waals surface area contributed by atoms with E-state index in [0.717, 1.165) is 67.4 Å². The number of ether oxygens (including phenoxy) is 1. The minimum absolute atomic E-state index is 0.107. The fraction of sp³-hybridized carbons (Fsp3) is 0.577. The van der Waals surface area contributed by atoms with Crippen molar-refractivity contribution in [2.45, 2.75) is 81.4 Å². The molecule has 2 fully saturated rings. The maximum Gasteiger partial charge on any atom is 0.240 e. The molecular formula is C26H36N6O4S. The molecule has 0 bridgehead atoms. The summed E-state index contributed by atoms with van der Waals surface area (Å²) < 4.78 is 36.0. The Labute approximate surface area is 217 Å². The highest BCUT2D eigenvalue weighted by Gasteiger charge is 2.26. The monoisotopic (exact) mass is 528 g/mol. The third-order valence-corrected chi connectivity index (χ3v) is 8.79. The van der Waals surface area contributed by atoms with Gasteiger partial charge in [-0.2, -0.15) is 10.1 Å². The Hall–Kier alpha value is -2.60. The Bertz CT molecular complexity index is 1300. The van der Waals surface area contributed by atoms with Gasteiger partial charge < -0.3 is 15.2 Å². The van der Waals surface area contributed by atoms with Crippen LogP contribution in [0.3, 0.4) is 0 Å². The van der Waals surface area contributed by atoms with Gasteiger partial charge in [0.25, 0.3) is 0 Å². The lowest BCUT2D eigenvalue weighted by Gasteiger charge is -2.25. The minimum Gasteiger partial charge on any atom is -0.393 e. The van der Waals surface area contributed by atoms with Gasteiger partial charge in [-0.3, -0.25) is 0 Å². The van der Waals surface area contributed by atoms with Crippen LogP contribution in [0, 0.1) is 0 Å². The molecular weight excluding hydrogens is 492 g/mol. The number of aromatic nitrogens is 4. The number of nitrogens with one attached hydrogen (secondary N) is 2. The normalized spacial score (nSPS) is 21.4. The van der Waals surface area contributed by atoms with Crippen molar-refractivity contribution in [3.05, 3.63) is 30.5 Å². The Morgan fingerprint density at radius 3 is 2.51 bits per heavy atom. The van der Waals surface area contributed by atoms with Gasteiger partial charge >= 0.3 is 0 Å². The molecule has 10 nitrogen and oxygen atoms in total. The molecule has 5 rings (SSSR count). The molecule has 0 spiro atoms. The van der Waals surface area contributed by atoms with Crippen molar-refractivity contribution in [1.29, 1.82) is 0 Å². The van der Waals surface area contributed by atoms with Gasteiger partial charge in [0, 0.05) is 37.6 Å². The molecule has 1 aliphatic carbocycles. The number of rotatable bonds is 9. The Morgan fingerprint density at radius 1 is 1.08 bits per heavy atom. The summed E-state index contributed by atoms with van der Waals surface area (Å²) >= 11 is 0. The Morgan fingerprint density at radius 2 is 1.81 bits per heavy atom. The third kappa shape index (κ3) is 5.95. The fourth-order valence-electron chi connectivity index (χ4n) is 5.05. The molecule has 2 aromatic heterocycles. The number of fused-ring (bicyclic) bond motifs is 1. The van der Waals surface area contributed by atoms with Crippen molar-refractivity contribution < 1.29 is 18.3 Å². The summed E-state index contributed by atoms with van der Waals surface area (Å²) in [5.41, 5.74) is 2.28. The average molecular weight is 529 g/mol. The van der Waals surface area contributed by atoms with E-state index in [2.05, 4.69) is 21.9 Å². The SMILES string of the molecule is CCCCNc1ncc2c(-c3ccc(S(=O)(=O)NC4CCOCC4)cc3)nn([C@H]3CC[C@@H](O)CC3)c2n1. The van der Waals surface area contributed by atoms with Crippen molar-refractivity contribution in [2.75, 3.05) is 25.1 Å². The summed E-state index contributed by atoms with van der Waals surface area (Å²) in [6, 6.07) is 6.87. The lowest BCUT2D eigenvalue weighted by molar-refractivity contribution is 0.0832. The highest BCUT2D eigenvalue weighted by molar-refractivity contribution is 7.89. The fourth-order valence-corrected chi connectivity index (χ4v) is 6.36. The molecule has 3 aromatic rings. The summed E-state index contributed by atoms with van der Waals surface area (Å²) in [6.07, 6.45) is 8.13. The average Bonchev–Trinajstić information content (AvgIpc) is 3.29. The topological polar surface area (TPSA) is 131 Å². The minimum atomic E-state index is -3.62. The van der Waals surface area contributed by atoms with Crippen LogP contribution < -0.4 is 10.0 Å². The second-order valence-electron chi connectivity index (χ2n) is 10.00. The van der Waals surface area contributed by atoms with Gasteiger partial charge in [-0.1, -0.05) is 25.5 Å². The molecule has 1 saturated carbocycles. The van der Waals surface area contributed by atoms with E-state index >= 15 is 0 Å². The molecule has 1 saturated heterocycles. The van der Waals surface area contributed by atoms with Gasteiger partial charge in [-0.25, -0.2) is 22.8 Å². The van der Waals surface area contributed by atoms with Gasteiger partial charge in [0.1, 0.15) is 5.69 Å². The number of unbranched alkanes of at least 4 members (excludes halogenated alkanes) is 1. The predicted molar refractivity (Wildman–Crippen MR) is 142 cm³/mol. The molecule has 0 amide bonds. The number of sulfonamides is 1. The van der Waals surface area contributed by atoms with Crippen molar-refractivity contribution in [3.8, 4) is 11.3 Å². The zero-order chi connectivity index (χ0) is 25.8. The van der Waals surface area contributed by atoms with Gasteiger partial charge in [0.15, 0.2) is 5.65 Å². The van der Waals surface area contributed by atoms with E-state index in [1.807, 2.05) is 4.68 Å². The molecule has 0 radical (unpaired) electrons. The zero-order valence-corrected chi connectivity index (χ0v) is 22.1. The number of benzene rings is 1. The van der Waals surface area contributed by atoms with E-state index in [1.165, 1.54) is 0 Å². The lowest BCUT2D eigenvalue weighted by Crippen LogP contribution is -2.38. The predicted octanol–water partition coefficient (Wildman–Crippen LogP) is 3.64. The van der Waals surface area contributed by atoms with Crippen LogP contribution in [0.1, 0.15) is 64.3 Å². The number of nitrogens with zero attached hydrogens (tertiary/aromatic N) is 4. The van der Waals surface area contributed by atoms with E-state index in [9.17, 15) is 13.5 Å². The number of hydrogen-bond acceptors (Lipinski definition) is 8. The van der Waals surface area contributed by atoms with Gasteiger partial charge in [0.2, 0.25) is 16.0 Å². The second kappa shape index (κ2) is 11.4. The van der Waals surface area contributed by atoms with Crippen molar-refractivity contribution in [3.63, 3.8) is 0 Å². The number of aliphatic hydroxyl groups is 1. The van der Waals surface area contributed by atoms with Crippen LogP contribution >= 0.6 is 0 Å². The smallest absolute Gasteiger partial charge is 0.240 e. The van der Waals surface area contributed by atoms with Crippen molar-refractivity contribution >= 4 is 27.0 Å². The second-order valence-corrected chi connectivity index (χ2v) is 11.7. The number of anilines is 1. The van der Waals surface area contributed by atoms with Gasteiger partial charge in [-0.05, 0) is 57.1 Å². The summed E-state index contributed by atoms with van der Waals surface area (Å²) in [5.74, 6) is 0.574. The first kappa shape index (κ1) is 26.0. The number of aliphatic hydroxyl groups excluding tert-OH is 1. The van der Waals surface area contributed by atoms with Gasteiger partial charge in [-0.15, -0.1) is 0 Å². The van der Waals surface area contributed by atoms with Crippen molar-refractivity contribution in [2.24, 2.45) is 0 Å². The molecule has 0 unspecified atom stereocenters. The van der Waals surface area contributed by atoms with Crippen LogP contribution in [-0.2, 0) is 14.8 Å². The molecule has 37 heavy (non-hydrogen) atoms. The first-order valence-corrected chi connectivity index (χ1v) is 14.8. The zero-order valence-electron chi connectivity index (χ0n) is 21.3. The molecule has 2 aliphatic rings. The molecule has 200 valence electrons. The highest BCUT2D eigenvalue weighted by atomic mass is 32.2. The van der Waals surface area contributed by atoms with Crippen LogP contribution in [0.5, 0.6) is 0 Å². The summed E-state index contributed by atoms with van der Waals surface area (Å²) in [6.45, 7) is 4.08. The molecule has 3 N–H and O–H groups in total. The third-order valence-electron chi connectivity index (χ3n) is 7.26. The molecule has 1 aromatic carbocycles. The largest absolute Gasteiger partial charge is 0.393 e. The summed E-state index contributed by atoms with van der Waals surface area (Å²) in [5, 5.41) is 19.1. The summed E-state index contributed by atoms with van der Waals surface area (Å²) in [7, 11) is -3.62. The Balaban J connectivity index is 1.45. The maximum atomic E-state index is 12.9. The number of hydrogen-bond donors (Lipinski definition) is 3. The van der Waals surface area contributed by atoms with Crippen molar-refractivity contribution in [1.82, 2.24) is 24.5 Å². The molecule has 0 atom stereocenters. The van der Waals surface area contributed by atoms with E-state index in [0.29, 0.717) is 32.0 Å². The van der Waals surface area contributed by atoms with E-state index < -0.39 is 10.0 Å². The molecule has 1 aliphatic heterocycles. The van der Waals surface area contributed by atoms with E-state index in [-0.39, 0.29) is 23.1 Å². The van der Waals surface area contributed by atoms with E-state index in [4.69, 9.17) is 14.8 Å². The first-order valence-electron chi connectivity index (χ1n) is 13.3. The standard InChI is InChI=1S/C26H36N6O4S/c1-2-3-14-27-26-28-17-23-24(30-32(25(23)29-26)20-6-8-21(33)9-7-20)18-4-10-22(11-5-18)37(34,35)31-19-12-15-36-16-13-19/h4-5,10-11,17,19-21,31,33H,2-3,6-9,12-16H2,1H3,(H,27,28,29)/t20-,21+. The quantitative estimate of drug-likeness (QED) is 0.359. The summed E-state index contributed by atoms with van der Waals surface area (Å²) in [4.78, 5) is 9.56. The molecule has 11 heteroatoms. The van der Waals surface area contributed by atoms with E-state index in [1.54, 1.807) is 30.5 Å². The highest BCUT2D eigenvalue weighted by Crippen LogP contribution is 2.34. The first-order chi connectivity index (χ1) is 17.9. The Kier molecular flexibility index (Phi) is 8.04. The van der Waals surface area contributed by atoms with Crippen LogP contribution in [0.2, 0.25) is 0 Å².